The van der Waals surface area contributed by atoms with Crippen LogP contribution in [-0.4, -0.2) is 42.3 Å². The summed E-state index contributed by atoms with van der Waals surface area (Å²) in [6.07, 6.45) is 8.46. The van der Waals surface area contributed by atoms with E-state index in [0.29, 0.717) is 17.7 Å². The van der Waals surface area contributed by atoms with Crippen molar-refractivity contribution in [1.29, 1.82) is 0 Å². The number of nitrogens with two attached hydrogens (primary N) is 1. The average molecular weight is 210 g/mol. The maximum Gasteiger partial charge on any atom is 0.0731 e. The Morgan fingerprint density at radius 2 is 2.07 bits per heavy atom. The molecule has 1 saturated heterocycles. The Labute approximate surface area is 91.9 Å². The molecule has 2 atom stereocenters. The summed E-state index contributed by atoms with van der Waals surface area (Å²) in [5.74, 6) is 0. The van der Waals surface area contributed by atoms with Crippen molar-refractivity contribution in [2.45, 2.75) is 56.2 Å². The number of nitrogens with zero attached hydrogens (tertiary/aromatic N) is 1. The van der Waals surface area contributed by atoms with Gasteiger partial charge in [-0.05, 0) is 25.7 Å². The van der Waals surface area contributed by atoms with Gasteiger partial charge < -0.3 is 10.5 Å². The van der Waals surface area contributed by atoms with Gasteiger partial charge in [-0.25, -0.2) is 0 Å². The number of hydrogen-bond acceptors (Lipinski definition) is 3. The van der Waals surface area contributed by atoms with Crippen LogP contribution in [0.1, 0.15) is 38.5 Å². The van der Waals surface area contributed by atoms with Gasteiger partial charge in [-0.15, -0.1) is 0 Å². The first kappa shape index (κ1) is 10.1. The molecule has 15 heavy (non-hydrogen) atoms. The van der Waals surface area contributed by atoms with Crippen LogP contribution in [0.2, 0.25) is 0 Å². The van der Waals surface area contributed by atoms with Crippen LogP contribution >= 0.6 is 0 Å². The molecule has 0 bridgehead atoms. The molecule has 0 spiro atoms. The largest absolute Gasteiger partial charge is 0.375 e. The van der Waals surface area contributed by atoms with Gasteiger partial charge in [0.15, 0.2) is 0 Å². The molecule has 2 N–H and O–H groups in total. The van der Waals surface area contributed by atoms with Gasteiger partial charge in [0.2, 0.25) is 0 Å². The normalized spacial score (nSPS) is 39.8. The summed E-state index contributed by atoms with van der Waals surface area (Å²) in [6, 6.07) is 0.679. The van der Waals surface area contributed by atoms with Gasteiger partial charge in [0.05, 0.1) is 12.7 Å². The molecule has 2 aliphatic carbocycles. The van der Waals surface area contributed by atoms with Crippen LogP contribution in [0.25, 0.3) is 0 Å². The van der Waals surface area contributed by atoms with Crippen molar-refractivity contribution in [3.8, 4) is 0 Å². The van der Waals surface area contributed by atoms with Crippen molar-refractivity contribution >= 4 is 0 Å². The van der Waals surface area contributed by atoms with Gasteiger partial charge in [-0.2, -0.15) is 0 Å². The number of rotatable bonds is 2. The summed E-state index contributed by atoms with van der Waals surface area (Å²) in [5, 5.41) is 0. The van der Waals surface area contributed by atoms with Crippen molar-refractivity contribution in [1.82, 2.24) is 4.90 Å². The predicted octanol–water partition coefficient (Wildman–Crippen LogP) is 1.12. The zero-order chi connectivity index (χ0) is 10.3. The van der Waals surface area contributed by atoms with Crippen molar-refractivity contribution in [2.75, 3.05) is 19.7 Å². The molecule has 0 aromatic heterocycles. The Balaban J connectivity index is 1.76. The predicted molar refractivity (Wildman–Crippen MR) is 59.7 cm³/mol. The molecular formula is C12H22N2O. The highest BCUT2D eigenvalue weighted by atomic mass is 16.5. The Kier molecular flexibility index (Phi) is 2.49. The first-order chi connectivity index (χ1) is 7.36. The molecule has 2 unspecified atom stereocenters. The summed E-state index contributed by atoms with van der Waals surface area (Å²) in [4.78, 5) is 2.69. The van der Waals surface area contributed by atoms with Crippen LogP contribution in [0, 0.1) is 0 Å². The fourth-order valence-corrected chi connectivity index (χ4v) is 3.44. The van der Waals surface area contributed by atoms with Gasteiger partial charge in [0.1, 0.15) is 0 Å². The number of hydrogen-bond donors (Lipinski definition) is 1. The highest BCUT2D eigenvalue weighted by Crippen LogP contribution is 2.45. The Bertz CT molecular complexity index is 238. The molecule has 0 radical (unpaired) electrons. The van der Waals surface area contributed by atoms with Crippen LogP contribution in [0.3, 0.4) is 0 Å². The SMILES string of the molecule is NCC1(N2CCOC3CCCCC32)CC1. The summed E-state index contributed by atoms with van der Waals surface area (Å²) in [6.45, 7) is 2.87. The Morgan fingerprint density at radius 1 is 1.27 bits per heavy atom. The molecule has 3 aliphatic rings. The van der Waals surface area contributed by atoms with Gasteiger partial charge in [0, 0.05) is 24.7 Å². The van der Waals surface area contributed by atoms with Crippen LogP contribution in [0.4, 0.5) is 0 Å². The van der Waals surface area contributed by atoms with Gasteiger partial charge >= 0.3 is 0 Å². The highest BCUT2D eigenvalue weighted by Gasteiger charge is 2.51. The van der Waals surface area contributed by atoms with E-state index in [1.54, 1.807) is 0 Å². The molecule has 1 heterocycles. The first-order valence-corrected chi connectivity index (χ1v) is 6.44. The lowest BCUT2D eigenvalue weighted by molar-refractivity contribution is -0.106. The van der Waals surface area contributed by atoms with Crippen LogP contribution in [-0.2, 0) is 4.74 Å². The molecule has 86 valence electrons. The summed E-state index contributed by atoms with van der Waals surface area (Å²) < 4.78 is 5.90. The van der Waals surface area contributed by atoms with E-state index in [4.69, 9.17) is 10.5 Å². The van der Waals surface area contributed by atoms with Crippen LogP contribution in [0.5, 0.6) is 0 Å². The van der Waals surface area contributed by atoms with E-state index in [1.807, 2.05) is 0 Å². The van der Waals surface area contributed by atoms with E-state index < -0.39 is 0 Å². The summed E-state index contributed by atoms with van der Waals surface area (Å²) in [5.41, 5.74) is 6.32. The van der Waals surface area contributed by atoms with Crippen molar-refractivity contribution in [3.05, 3.63) is 0 Å². The standard InChI is InChI=1S/C12H22N2O/c13-9-12(5-6-12)14-7-8-15-11-4-2-1-3-10(11)14/h10-11H,1-9,13H2. The van der Waals surface area contributed by atoms with E-state index in [9.17, 15) is 0 Å². The smallest absolute Gasteiger partial charge is 0.0731 e. The summed E-state index contributed by atoms with van der Waals surface area (Å²) >= 11 is 0. The minimum absolute atomic E-state index is 0.379. The van der Waals surface area contributed by atoms with Crippen LogP contribution < -0.4 is 5.73 Å². The third-order valence-corrected chi connectivity index (χ3v) is 4.55. The average Bonchev–Trinajstić information content (AvgIpc) is 3.09. The second-order valence-electron chi connectivity index (χ2n) is 5.38. The third kappa shape index (κ3) is 1.61. The van der Waals surface area contributed by atoms with Crippen molar-refractivity contribution in [2.24, 2.45) is 5.73 Å². The Hall–Kier alpha value is -0.120. The second kappa shape index (κ2) is 3.72. The molecule has 0 aromatic rings. The molecule has 1 aliphatic heterocycles. The first-order valence-electron chi connectivity index (χ1n) is 6.44. The maximum atomic E-state index is 5.94. The van der Waals surface area contributed by atoms with Crippen LogP contribution in [0.15, 0.2) is 0 Å². The molecule has 3 fully saturated rings. The highest BCUT2D eigenvalue weighted by molar-refractivity contribution is 5.08. The maximum absolute atomic E-state index is 5.94. The minimum atomic E-state index is 0.379. The lowest BCUT2D eigenvalue weighted by Crippen LogP contribution is -2.59. The molecule has 0 aromatic carbocycles. The molecule has 3 heteroatoms. The van der Waals surface area contributed by atoms with Gasteiger partial charge in [0.25, 0.3) is 0 Å². The zero-order valence-corrected chi connectivity index (χ0v) is 9.45. The van der Waals surface area contributed by atoms with E-state index in [1.165, 1.54) is 38.5 Å². The number of fused-ring (bicyclic) bond motifs is 1. The van der Waals surface area contributed by atoms with E-state index in [2.05, 4.69) is 4.90 Å². The van der Waals surface area contributed by atoms with E-state index in [0.717, 1.165) is 19.7 Å². The van der Waals surface area contributed by atoms with E-state index in [-0.39, 0.29) is 0 Å². The molecule has 3 rings (SSSR count). The van der Waals surface area contributed by atoms with Gasteiger partial charge in [-0.3, -0.25) is 4.90 Å². The number of morpholine rings is 1. The topological polar surface area (TPSA) is 38.5 Å². The second-order valence-corrected chi connectivity index (χ2v) is 5.38. The molecule has 0 amide bonds. The van der Waals surface area contributed by atoms with E-state index >= 15 is 0 Å². The number of ether oxygens (including phenoxy) is 1. The molecule has 2 saturated carbocycles. The monoisotopic (exact) mass is 210 g/mol. The fraction of sp³-hybridized carbons (Fsp3) is 1.00. The fourth-order valence-electron chi connectivity index (χ4n) is 3.44. The van der Waals surface area contributed by atoms with Gasteiger partial charge in [-0.1, -0.05) is 12.8 Å². The summed E-state index contributed by atoms with van der Waals surface area (Å²) in [7, 11) is 0. The Morgan fingerprint density at radius 3 is 2.80 bits per heavy atom. The lowest BCUT2D eigenvalue weighted by Gasteiger charge is -2.47. The van der Waals surface area contributed by atoms with Crippen molar-refractivity contribution in [3.63, 3.8) is 0 Å². The zero-order valence-electron chi connectivity index (χ0n) is 9.45. The minimum Gasteiger partial charge on any atom is -0.375 e. The lowest BCUT2D eigenvalue weighted by atomic mass is 9.89. The molecule has 3 nitrogen and oxygen atoms in total. The third-order valence-electron chi connectivity index (χ3n) is 4.55. The molecular weight excluding hydrogens is 188 g/mol. The van der Waals surface area contributed by atoms with Crippen molar-refractivity contribution < 1.29 is 4.74 Å². The quantitative estimate of drug-likeness (QED) is 0.742.